The van der Waals surface area contributed by atoms with E-state index in [0.29, 0.717) is 5.02 Å². The van der Waals surface area contributed by atoms with Crippen LogP contribution in [-0.2, 0) is 0 Å². The highest BCUT2D eigenvalue weighted by atomic mass is 35.5. The van der Waals surface area contributed by atoms with Crippen LogP contribution in [0.2, 0.25) is 5.02 Å². The van der Waals surface area contributed by atoms with E-state index in [4.69, 9.17) is 27.9 Å². The van der Waals surface area contributed by atoms with Gasteiger partial charge >= 0.3 is 0 Å². The Morgan fingerprint density at radius 2 is 1.86 bits per heavy atom. The molecule has 0 spiro atoms. The highest BCUT2D eigenvalue weighted by Crippen LogP contribution is 2.33. The zero-order valence-electron chi connectivity index (χ0n) is 11.7. The molecule has 0 saturated carbocycles. The van der Waals surface area contributed by atoms with Gasteiger partial charge in [-0.05, 0) is 43.3 Å². The van der Waals surface area contributed by atoms with Crippen LogP contribution in [0.5, 0.6) is 5.75 Å². The number of rotatable bonds is 3. The van der Waals surface area contributed by atoms with E-state index in [-0.39, 0.29) is 5.38 Å². The highest BCUT2D eigenvalue weighted by molar-refractivity contribution is 6.30. The van der Waals surface area contributed by atoms with Crippen LogP contribution < -0.4 is 4.74 Å². The number of nitrogens with zero attached hydrogens (tertiary/aromatic N) is 2. The van der Waals surface area contributed by atoms with Gasteiger partial charge in [0.25, 0.3) is 0 Å². The minimum Gasteiger partial charge on any atom is -0.497 e. The van der Waals surface area contributed by atoms with Crippen LogP contribution in [0, 0.1) is 0 Å². The van der Waals surface area contributed by atoms with E-state index in [0.717, 1.165) is 28.3 Å². The molecule has 0 amide bonds. The molecule has 5 heteroatoms. The first-order valence-corrected chi connectivity index (χ1v) is 7.37. The van der Waals surface area contributed by atoms with E-state index in [1.165, 1.54) is 0 Å². The van der Waals surface area contributed by atoms with Crippen molar-refractivity contribution in [1.82, 2.24) is 9.38 Å². The molecule has 0 radical (unpaired) electrons. The molecule has 3 nitrogen and oxygen atoms in total. The van der Waals surface area contributed by atoms with Gasteiger partial charge in [0.15, 0.2) is 0 Å². The summed E-state index contributed by atoms with van der Waals surface area (Å²) in [5.41, 5.74) is 3.62. The number of benzene rings is 1. The van der Waals surface area contributed by atoms with Crippen LogP contribution in [0.15, 0.2) is 42.6 Å². The van der Waals surface area contributed by atoms with Gasteiger partial charge in [0.05, 0.1) is 28.9 Å². The Kier molecular flexibility index (Phi) is 3.79. The van der Waals surface area contributed by atoms with E-state index in [1.807, 2.05) is 53.9 Å². The summed E-state index contributed by atoms with van der Waals surface area (Å²) in [5, 5.41) is 0.468. The molecule has 0 aliphatic rings. The Hall–Kier alpha value is -1.71. The zero-order valence-corrected chi connectivity index (χ0v) is 13.2. The predicted molar refractivity (Wildman–Crippen MR) is 86.5 cm³/mol. The molecule has 0 N–H and O–H groups in total. The number of pyridine rings is 1. The maximum Gasteiger partial charge on any atom is 0.137 e. The Balaban J connectivity index is 2.23. The zero-order chi connectivity index (χ0) is 15.0. The Morgan fingerprint density at radius 1 is 1.14 bits per heavy atom. The molecular formula is C16H14Cl2N2O. The highest BCUT2D eigenvalue weighted by Gasteiger charge is 2.18. The van der Waals surface area contributed by atoms with Crippen molar-refractivity contribution in [2.45, 2.75) is 12.3 Å². The maximum atomic E-state index is 6.36. The Morgan fingerprint density at radius 3 is 2.48 bits per heavy atom. The number of ether oxygens (including phenoxy) is 1. The lowest BCUT2D eigenvalue weighted by atomic mass is 10.1. The largest absolute Gasteiger partial charge is 0.497 e. The third kappa shape index (κ3) is 2.59. The second-order valence-corrected chi connectivity index (χ2v) is 5.86. The molecule has 108 valence electrons. The first-order chi connectivity index (χ1) is 10.1. The van der Waals surface area contributed by atoms with Crippen LogP contribution in [0.4, 0.5) is 0 Å². The summed E-state index contributed by atoms with van der Waals surface area (Å²) in [7, 11) is 1.65. The number of hydrogen-bond acceptors (Lipinski definition) is 2. The molecule has 1 aromatic carbocycles. The number of alkyl halides is 1. The molecule has 2 heterocycles. The van der Waals surface area contributed by atoms with Gasteiger partial charge in [-0.25, -0.2) is 4.98 Å². The standard InChI is InChI=1S/C16H14Cl2N2O/c1-10(17)16-15(11-3-6-13(21-2)7-4-11)19-14-8-5-12(18)9-20(14)16/h3-10H,1-2H3. The number of halogens is 2. The first kappa shape index (κ1) is 14.2. The van der Waals surface area contributed by atoms with E-state index < -0.39 is 0 Å². The summed E-state index contributed by atoms with van der Waals surface area (Å²) < 4.78 is 7.13. The normalized spacial score (nSPS) is 12.6. The van der Waals surface area contributed by atoms with Crippen LogP contribution in [-0.4, -0.2) is 16.5 Å². The number of methoxy groups -OCH3 is 1. The summed E-state index contributed by atoms with van der Waals surface area (Å²) in [6.07, 6.45) is 1.84. The van der Waals surface area contributed by atoms with E-state index in [9.17, 15) is 0 Å². The van der Waals surface area contributed by atoms with E-state index in [2.05, 4.69) is 4.98 Å². The minimum absolute atomic E-state index is 0.185. The van der Waals surface area contributed by atoms with Gasteiger partial charge < -0.3 is 9.14 Å². The van der Waals surface area contributed by atoms with Crippen LogP contribution in [0.25, 0.3) is 16.9 Å². The molecule has 0 aliphatic carbocycles. The van der Waals surface area contributed by atoms with Crippen LogP contribution in [0.1, 0.15) is 18.0 Å². The fourth-order valence-electron chi connectivity index (χ4n) is 2.38. The predicted octanol–water partition coefficient (Wildman–Crippen LogP) is 4.96. The number of imidazole rings is 1. The average molecular weight is 321 g/mol. The summed E-state index contributed by atoms with van der Waals surface area (Å²) in [4.78, 5) is 4.68. The maximum absolute atomic E-state index is 6.36. The molecule has 3 aromatic rings. The van der Waals surface area contributed by atoms with Gasteiger partial charge in [0.2, 0.25) is 0 Å². The van der Waals surface area contributed by atoms with Gasteiger partial charge in [-0.2, -0.15) is 0 Å². The molecule has 0 aliphatic heterocycles. The molecule has 21 heavy (non-hydrogen) atoms. The quantitative estimate of drug-likeness (QED) is 0.637. The molecule has 0 bridgehead atoms. The fourth-order valence-corrected chi connectivity index (χ4v) is 2.75. The second-order valence-electron chi connectivity index (χ2n) is 4.77. The Bertz CT molecular complexity index is 779. The van der Waals surface area contributed by atoms with Crippen molar-refractivity contribution in [2.75, 3.05) is 7.11 Å². The Labute approximate surface area is 133 Å². The van der Waals surface area contributed by atoms with Crippen molar-refractivity contribution in [3.63, 3.8) is 0 Å². The second kappa shape index (κ2) is 5.58. The summed E-state index contributed by atoms with van der Waals surface area (Å²) in [6, 6.07) is 11.5. The molecule has 2 aromatic heterocycles. The fraction of sp³-hybridized carbons (Fsp3) is 0.188. The van der Waals surface area contributed by atoms with E-state index in [1.54, 1.807) is 7.11 Å². The SMILES string of the molecule is COc1ccc(-c2nc3ccc(Cl)cn3c2C(C)Cl)cc1. The number of hydrogen-bond donors (Lipinski definition) is 0. The topological polar surface area (TPSA) is 26.5 Å². The van der Waals surface area contributed by atoms with Gasteiger partial charge in [-0.15, -0.1) is 11.6 Å². The molecule has 0 fully saturated rings. The third-order valence-electron chi connectivity index (χ3n) is 3.36. The van der Waals surface area contributed by atoms with E-state index >= 15 is 0 Å². The van der Waals surface area contributed by atoms with Crippen molar-refractivity contribution in [3.8, 4) is 17.0 Å². The average Bonchev–Trinajstić information content (AvgIpc) is 2.86. The van der Waals surface area contributed by atoms with Crippen LogP contribution >= 0.6 is 23.2 Å². The molecule has 0 saturated heterocycles. The summed E-state index contributed by atoms with van der Waals surface area (Å²) in [5.74, 6) is 0.811. The third-order valence-corrected chi connectivity index (χ3v) is 3.79. The first-order valence-electron chi connectivity index (χ1n) is 6.56. The van der Waals surface area contributed by atoms with Gasteiger partial charge in [-0.1, -0.05) is 11.6 Å². The van der Waals surface area contributed by atoms with Crippen molar-refractivity contribution in [1.29, 1.82) is 0 Å². The van der Waals surface area contributed by atoms with Gasteiger partial charge in [0.1, 0.15) is 11.4 Å². The van der Waals surface area contributed by atoms with Crippen molar-refractivity contribution in [3.05, 3.63) is 53.3 Å². The molecule has 1 unspecified atom stereocenters. The van der Waals surface area contributed by atoms with Gasteiger partial charge in [0, 0.05) is 11.8 Å². The van der Waals surface area contributed by atoms with Crippen molar-refractivity contribution in [2.24, 2.45) is 0 Å². The lowest BCUT2D eigenvalue weighted by molar-refractivity contribution is 0.415. The van der Waals surface area contributed by atoms with Crippen molar-refractivity contribution >= 4 is 28.8 Å². The number of aromatic nitrogens is 2. The van der Waals surface area contributed by atoms with Crippen LogP contribution in [0.3, 0.4) is 0 Å². The summed E-state index contributed by atoms with van der Waals surface area (Å²) in [6.45, 7) is 1.93. The molecule has 3 rings (SSSR count). The lowest BCUT2D eigenvalue weighted by Gasteiger charge is -2.08. The van der Waals surface area contributed by atoms with Gasteiger partial charge in [-0.3, -0.25) is 0 Å². The lowest BCUT2D eigenvalue weighted by Crippen LogP contribution is -1.95. The smallest absolute Gasteiger partial charge is 0.137 e. The minimum atomic E-state index is -0.185. The van der Waals surface area contributed by atoms with Crippen molar-refractivity contribution < 1.29 is 4.74 Å². The molecular weight excluding hydrogens is 307 g/mol. The summed E-state index contributed by atoms with van der Waals surface area (Å²) >= 11 is 12.4. The molecule has 1 atom stereocenters. The monoisotopic (exact) mass is 320 g/mol. The number of fused-ring (bicyclic) bond motifs is 1.